The van der Waals surface area contributed by atoms with Crippen LogP contribution in [0.4, 0.5) is 4.39 Å². The van der Waals surface area contributed by atoms with Gasteiger partial charge in [-0.1, -0.05) is 0 Å². The first kappa shape index (κ1) is 11.7. The van der Waals surface area contributed by atoms with E-state index in [4.69, 9.17) is 10.4 Å². The van der Waals surface area contributed by atoms with Crippen LogP contribution in [0.3, 0.4) is 0 Å². The van der Waals surface area contributed by atoms with Gasteiger partial charge in [0.05, 0.1) is 17.2 Å². The van der Waals surface area contributed by atoms with E-state index in [1.165, 1.54) is 30.6 Å². The number of pyridine rings is 1. The van der Waals surface area contributed by atoms with E-state index in [1.807, 2.05) is 6.07 Å². The molecule has 2 rings (SSSR count). The molecule has 1 aromatic carbocycles. The Bertz CT molecular complexity index is 662. The van der Waals surface area contributed by atoms with E-state index in [-0.39, 0.29) is 16.7 Å². The zero-order valence-corrected chi connectivity index (χ0v) is 9.09. The highest BCUT2D eigenvalue weighted by molar-refractivity contribution is 5.95. The van der Waals surface area contributed by atoms with Crippen molar-refractivity contribution in [3.8, 4) is 17.2 Å². The Morgan fingerprint density at radius 3 is 2.83 bits per heavy atom. The predicted molar refractivity (Wildman–Crippen MR) is 61.3 cm³/mol. The van der Waals surface area contributed by atoms with Crippen LogP contribution < -0.4 is 0 Å². The van der Waals surface area contributed by atoms with Gasteiger partial charge in [0.25, 0.3) is 0 Å². The van der Waals surface area contributed by atoms with E-state index in [1.54, 1.807) is 0 Å². The summed E-state index contributed by atoms with van der Waals surface area (Å²) < 4.78 is 13.3. The average Bonchev–Trinajstić information content (AvgIpc) is 2.38. The molecule has 0 bridgehead atoms. The minimum Gasteiger partial charge on any atom is -0.478 e. The van der Waals surface area contributed by atoms with Crippen LogP contribution in [0.2, 0.25) is 0 Å². The van der Waals surface area contributed by atoms with Crippen molar-refractivity contribution in [2.45, 2.75) is 0 Å². The van der Waals surface area contributed by atoms with Gasteiger partial charge in [0.2, 0.25) is 0 Å². The SMILES string of the molecule is N#Cc1cc(F)cc(-c2cnccc2C(=O)O)c1. The van der Waals surface area contributed by atoms with Gasteiger partial charge in [0.1, 0.15) is 5.82 Å². The number of carboxylic acid groups (broad SMARTS) is 1. The number of rotatable bonds is 2. The summed E-state index contributed by atoms with van der Waals surface area (Å²) in [6.45, 7) is 0. The minimum atomic E-state index is -1.13. The molecule has 4 nitrogen and oxygen atoms in total. The van der Waals surface area contributed by atoms with Crippen LogP contribution >= 0.6 is 0 Å². The number of nitrogens with zero attached hydrogens (tertiary/aromatic N) is 2. The van der Waals surface area contributed by atoms with E-state index in [0.29, 0.717) is 5.56 Å². The highest BCUT2D eigenvalue weighted by atomic mass is 19.1. The standard InChI is InChI=1S/C13H7FN2O2/c14-10-4-8(6-15)3-9(5-10)12-7-16-2-1-11(12)13(17)18/h1-5,7H,(H,17,18). The van der Waals surface area contributed by atoms with E-state index in [0.717, 1.165) is 6.07 Å². The molecule has 0 saturated carbocycles. The Labute approximate surface area is 102 Å². The second-order valence-corrected chi connectivity index (χ2v) is 3.57. The van der Waals surface area contributed by atoms with Crippen LogP contribution in [-0.2, 0) is 0 Å². The first-order valence-corrected chi connectivity index (χ1v) is 5.00. The molecule has 0 fully saturated rings. The number of halogens is 1. The maximum Gasteiger partial charge on any atom is 0.336 e. The molecule has 0 aliphatic rings. The van der Waals surface area contributed by atoms with Crippen molar-refractivity contribution >= 4 is 5.97 Å². The molecule has 2 aromatic rings. The third kappa shape index (κ3) is 2.18. The number of carbonyl (C=O) groups is 1. The van der Waals surface area contributed by atoms with Crippen LogP contribution in [0.5, 0.6) is 0 Å². The third-order valence-electron chi connectivity index (χ3n) is 2.39. The van der Waals surface area contributed by atoms with Gasteiger partial charge in [-0.05, 0) is 29.8 Å². The molecule has 0 aliphatic carbocycles. The van der Waals surface area contributed by atoms with Crippen LogP contribution in [0.25, 0.3) is 11.1 Å². The van der Waals surface area contributed by atoms with Gasteiger partial charge in [-0.25, -0.2) is 9.18 Å². The van der Waals surface area contributed by atoms with Crippen molar-refractivity contribution in [2.24, 2.45) is 0 Å². The van der Waals surface area contributed by atoms with Gasteiger partial charge in [0, 0.05) is 18.0 Å². The first-order chi connectivity index (χ1) is 8.61. The molecule has 0 spiro atoms. The van der Waals surface area contributed by atoms with Crippen LogP contribution in [0.1, 0.15) is 15.9 Å². The van der Waals surface area contributed by atoms with Crippen molar-refractivity contribution < 1.29 is 14.3 Å². The molecule has 0 aliphatic heterocycles. The lowest BCUT2D eigenvalue weighted by atomic mass is 10.0. The van der Waals surface area contributed by atoms with E-state index in [9.17, 15) is 9.18 Å². The summed E-state index contributed by atoms with van der Waals surface area (Å²) in [5.74, 6) is -1.72. The van der Waals surface area contributed by atoms with Crippen LogP contribution in [0.15, 0.2) is 36.7 Å². The smallest absolute Gasteiger partial charge is 0.336 e. The van der Waals surface area contributed by atoms with E-state index in [2.05, 4.69) is 4.98 Å². The molecule has 5 heteroatoms. The molecule has 1 aromatic heterocycles. The molecule has 0 radical (unpaired) electrons. The van der Waals surface area contributed by atoms with Crippen molar-refractivity contribution in [2.75, 3.05) is 0 Å². The molecule has 1 N–H and O–H groups in total. The van der Waals surface area contributed by atoms with Crippen molar-refractivity contribution in [1.29, 1.82) is 5.26 Å². The summed E-state index contributed by atoms with van der Waals surface area (Å²) in [5.41, 5.74) is 0.739. The third-order valence-corrected chi connectivity index (χ3v) is 2.39. The van der Waals surface area contributed by atoms with Gasteiger partial charge in [-0.3, -0.25) is 4.98 Å². The second kappa shape index (κ2) is 4.63. The van der Waals surface area contributed by atoms with Gasteiger partial charge in [-0.15, -0.1) is 0 Å². The topological polar surface area (TPSA) is 74.0 Å². The number of nitriles is 1. The summed E-state index contributed by atoms with van der Waals surface area (Å²) >= 11 is 0. The maximum atomic E-state index is 13.3. The number of benzene rings is 1. The van der Waals surface area contributed by atoms with E-state index < -0.39 is 11.8 Å². The van der Waals surface area contributed by atoms with Crippen LogP contribution in [0, 0.1) is 17.1 Å². The molecule has 0 amide bonds. The van der Waals surface area contributed by atoms with Gasteiger partial charge < -0.3 is 5.11 Å². The Hall–Kier alpha value is -2.74. The Morgan fingerprint density at radius 1 is 1.39 bits per heavy atom. The molecular weight excluding hydrogens is 235 g/mol. The number of carboxylic acids is 1. The van der Waals surface area contributed by atoms with Crippen molar-refractivity contribution in [1.82, 2.24) is 4.98 Å². The average molecular weight is 242 g/mol. The molecule has 0 saturated heterocycles. The lowest BCUT2D eigenvalue weighted by molar-refractivity contribution is 0.0697. The van der Waals surface area contributed by atoms with Crippen molar-refractivity contribution in [3.05, 3.63) is 53.6 Å². The molecule has 88 valence electrons. The monoisotopic (exact) mass is 242 g/mol. The maximum absolute atomic E-state index is 13.3. The van der Waals surface area contributed by atoms with Crippen LogP contribution in [-0.4, -0.2) is 16.1 Å². The first-order valence-electron chi connectivity index (χ1n) is 5.00. The minimum absolute atomic E-state index is 0.0134. The second-order valence-electron chi connectivity index (χ2n) is 3.57. The Morgan fingerprint density at radius 2 is 2.17 bits per heavy atom. The largest absolute Gasteiger partial charge is 0.478 e. The lowest BCUT2D eigenvalue weighted by Gasteiger charge is -2.06. The molecular formula is C13H7FN2O2. The van der Waals surface area contributed by atoms with E-state index >= 15 is 0 Å². The zero-order chi connectivity index (χ0) is 13.1. The summed E-state index contributed by atoms with van der Waals surface area (Å²) in [7, 11) is 0. The number of hydrogen-bond donors (Lipinski definition) is 1. The number of aromatic carboxylic acids is 1. The summed E-state index contributed by atoms with van der Waals surface area (Å²) in [5, 5.41) is 17.8. The summed E-state index contributed by atoms with van der Waals surface area (Å²) in [6.07, 6.45) is 2.68. The van der Waals surface area contributed by atoms with Gasteiger partial charge >= 0.3 is 5.97 Å². The fourth-order valence-corrected chi connectivity index (χ4v) is 1.62. The summed E-state index contributed by atoms with van der Waals surface area (Å²) in [4.78, 5) is 14.9. The number of hydrogen-bond acceptors (Lipinski definition) is 3. The van der Waals surface area contributed by atoms with Gasteiger partial charge in [0.15, 0.2) is 0 Å². The fourth-order valence-electron chi connectivity index (χ4n) is 1.62. The lowest BCUT2D eigenvalue weighted by Crippen LogP contribution is -2.00. The Balaban J connectivity index is 2.66. The summed E-state index contributed by atoms with van der Waals surface area (Å²) in [6, 6.07) is 6.82. The molecule has 0 unspecified atom stereocenters. The highest BCUT2D eigenvalue weighted by Crippen LogP contribution is 2.24. The molecule has 18 heavy (non-hydrogen) atoms. The Kier molecular flexibility index (Phi) is 3.02. The molecule has 1 heterocycles. The predicted octanol–water partition coefficient (Wildman–Crippen LogP) is 2.46. The molecule has 0 atom stereocenters. The highest BCUT2D eigenvalue weighted by Gasteiger charge is 2.12. The fraction of sp³-hybridized carbons (Fsp3) is 0. The quantitative estimate of drug-likeness (QED) is 0.877. The normalized spacial score (nSPS) is 9.78. The van der Waals surface area contributed by atoms with Crippen molar-refractivity contribution in [3.63, 3.8) is 0 Å². The zero-order valence-electron chi connectivity index (χ0n) is 9.09. The number of aromatic nitrogens is 1. The van der Waals surface area contributed by atoms with Gasteiger partial charge in [-0.2, -0.15) is 5.26 Å².